The number of carbonyl (C=O) groups excluding carboxylic acids is 3. The van der Waals surface area contributed by atoms with E-state index in [2.05, 4.69) is 81.5 Å². The van der Waals surface area contributed by atoms with Crippen LogP contribution >= 0.6 is 0 Å². The molecule has 1 unspecified atom stereocenters. The summed E-state index contributed by atoms with van der Waals surface area (Å²) in [6.07, 6.45) is 68.2. The van der Waals surface area contributed by atoms with Crippen molar-refractivity contribution in [2.24, 2.45) is 0 Å². The van der Waals surface area contributed by atoms with E-state index in [-0.39, 0.29) is 31.1 Å². The molecule has 0 aromatic carbocycles. The summed E-state index contributed by atoms with van der Waals surface area (Å²) >= 11 is 0. The van der Waals surface area contributed by atoms with Gasteiger partial charge < -0.3 is 14.2 Å². The minimum absolute atomic E-state index is 0.0973. The van der Waals surface area contributed by atoms with Gasteiger partial charge in [-0.2, -0.15) is 0 Å². The van der Waals surface area contributed by atoms with Gasteiger partial charge in [-0.1, -0.05) is 234 Å². The lowest BCUT2D eigenvalue weighted by Gasteiger charge is -2.18. The fourth-order valence-electron chi connectivity index (χ4n) is 7.03. The predicted octanol–water partition coefficient (Wildman–Crippen LogP) is 17.4. The first-order chi connectivity index (χ1) is 31.5. The first-order valence-electron chi connectivity index (χ1n) is 26.3. The molecule has 6 heteroatoms. The van der Waals surface area contributed by atoms with E-state index in [0.29, 0.717) is 19.3 Å². The van der Waals surface area contributed by atoms with Crippen molar-refractivity contribution in [2.45, 2.75) is 239 Å². The van der Waals surface area contributed by atoms with Gasteiger partial charge in [-0.3, -0.25) is 14.4 Å². The number of carbonyl (C=O) groups is 3. The molecule has 6 nitrogen and oxygen atoms in total. The fourth-order valence-corrected chi connectivity index (χ4v) is 7.03. The zero-order chi connectivity index (χ0) is 46.5. The van der Waals surface area contributed by atoms with Crippen molar-refractivity contribution >= 4 is 17.9 Å². The molecule has 0 amide bonds. The largest absolute Gasteiger partial charge is 0.462 e. The maximum absolute atomic E-state index is 12.8. The summed E-state index contributed by atoms with van der Waals surface area (Å²) in [6, 6.07) is 0. The van der Waals surface area contributed by atoms with Crippen LogP contribution < -0.4 is 0 Å². The van der Waals surface area contributed by atoms with Crippen LogP contribution in [0.2, 0.25) is 0 Å². The first kappa shape index (κ1) is 60.3. The van der Waals surface area contributed by atoms with Crippen LogP contribution in [0.15, 0.2) is 97.2 Å². The molecule has 0 radical (unpaired) electrons. The highest BCUT2D eigenvalue weighted by molar-refractivity contribution is 5.71. The van der Waals surface area contributed by atoms with Gasteiger partial charge in [0, 0.05) is 19.3 Å². The lowest BCUT2D eigenvalue weighted by atomic mass is 10.0. The van der Waals surface area contributed by atoms with E-state index in [4.69, 9.17) is 14.2 Å². The number of ether oxygens (including phenoxy) is 3. The molecule has 0 aromatic heterocycles. The molecule has 0 aliphatic heterocycles. The fraction of sp³-hybridized carbons (Fsp3) is 0.672. The predicted molar refractivity (Wildman–Crippen MR) is 274 cm³/mol. The van der Waals surface area contributed by atoms with E-state index < -0.39 is 6.10 Å². The Hall–Kier alpha value is -3.67. The molecular weight excluding hydrogens is 793 g/mol. The molecule has 0 heterocycles. The van der Waals surface area contributed by atoms with E-state index in [1.165, 1.54) is 83.5 Å². The highest BCUT2D eigenvalue weighted by atomic mass is 16.6. The van der Waals surface area contributed by atoms with E-state index in [1.54, 1.807) is 0 Å². The second-order valence-electron chi connectivity index (χ2n) is 17.1. The number of hydrogen-bond acceptors (Lipinski definition) is 6. The van der Waals surface area contributed by atoms with Crippen LogP contribution in [0.1, 0.15) is 233 Å². The normalized spacial score (nSPS) is 12.9. The minimum Gasteiger partial charge on any atom is -0.462 e. The van der Waals surface area contributed by atoms with Crippen LogP contribution in [-0.4, -0.2) is 37.2 Å². The van der Waals surface area contributed by atoms with Crippen LogP contribution in [0.5, 0.6) is 0 Å². The van der Waals surface area contributed by atoms with E-state index >= 15 is 0 Å². The van der Waals surface area contributed by atoms with Crippen molar-refractivity contribution in [3.63, 3.8) is 0 Å². The van der Waals surface area contributed by atoms with Crippen molar-refractivity contribution in [3.8, 4) is 0 Å². The summed E-state index contributed by atoms with van der Waals surface area (Å²) in [6.45, 7) is 6.34. The van der Waals surface area contributed by atoms with Crippen LogP contribution in [0.25, 0.3) is 0 Å². The molecule has 0 bridgehead atoms. The molecule has 0 saturated carbocycles. The third kappa shape index (κ3) is 49.3. The molecule has 0 saturated heterocycles. The summed E-state index contributed by atoms with van der Waals surface area (Å²) in [7, 11) is 0. The first-order valence-corrected chi connectivity index (χ1v) is 26.3. The molecule has 0 rings (SSSR count). The Morgan fingerprint density at radius 2 is 0.688 bits per heavy atom. The Morgan fingerprint density at radius 1 is 0.344 bits per heavy atom. The molecule has 0 fully saturated rings. The van der Waals surface area contributed by atoms with Gasteiger partial charge in [-0.05, 0) is 77.0 Å². The van der Waals surface area contributed by atoms with E-state index in [1.807, 2.05) is 36.5 Å². The zero-order valence-corrected chi connectivity index (χ0v) is 41.5. The third-order valence-electron chi connectivity index (χ3n) is 10.9. The monoisotopic (exact) mass is 889 g/mol. The second-order valence-corrected chi connectivity index (χ2v) is 17.1. The number of unbranched alkanes of at least 4 members (excludes halogenated alkanes) is 22. The average molecular weight is 889 g/mol. The maximum atomic E-state index is 12.8. The van der Waals surface area contributed by atoms with E-state index in [0.717, 1.165) is 109 Å². The standard InChI is InChI=1S/C58H96O6/c1-4-7-10-13-16-19-22-25-27-28-29-30-31-34-36-39-42-45-48-51-57(60)63-54-55(53-62-56(59)50-47-44-41-38-35-32-24-21-18-15-12-9-6-3)64-58(61)52-49-46-43-40-37-33-26-23-20-17-14-11-8-5-2/h7,9-10,12,15-16,18-19,21,24-25,27,29-30,32,35,55H,4-6,8,11,13-14,17,20,22-23,26,28,31,33-34,36-54H2,1-3H3/b10-7-,12-9-,18-15-,19-16-,24-21-,27-25-,30-29-,35-32-. The molecule has 64 heavy (non-hydrogen) atoms. The van der Waals surface area contributed by atoms with Gasteiger partial charge in [0.05, 0.1) is 0 Å². The highest BCUT2D eigenvalue weighted by Crippen LogP contribution is 2.15. The molecular formula is C58H96O6. The van der Waals surface area contributed by atoms with Crippen LogP contribution in [-0.2, 0) is 28.6 Å². The van der Waals surface area contributed by atoms with E-state index in [9.17, 15) is 14.4 Å². The van der Waals surface area contributed by atoms with Gasteiger partial charge in [0.15, 0.2) is 6.10 Å². The zero-order valence-electron chi connectivity index (χ0n) is 41.5. The van der Waals surface area contributed by atoms with Crippen LogP contribution in [0.4, 0.5) is 0 Å². The van der Waals surface area contributed by atoms with Crippen molar-refractivity contribution < 1.29 is 28.6 Å². The van der Waals surface area contributed by atoms with Gasteiger partial charge in [-0.15, -0.1) is 0 Å². The van der Waals surface area contributed by atoms with Crippen LogP contribution in [0.3, 0.4) is 0 Å². The minimum atomic E-state index is -0.798. The van der Waals surface area contributed by atoms with Gasteiger partial charge in [0.2, 0.25) is 0 Å². The summed E-state index contributed by atoms with van der Waals surface area (Å²) in [5.74, 6) is -0.950. The Kier molecular flexibility index (Phi) is 49.0. The highest BCUT2D eigenvalue weighted by Gasteiger charge is 2.19. The summed E-state index contributed by atoms with van der Waals surface area (Å²) in [5.41, 5.74) is 0. The Labute approximate surface area is 394 Å². The molecule has 0 aliphatic carbocycles. The number of hydrogen-bond donors (Lipinski definition) is 0. The molecule has 0 spiro atoms. The second kappa shape index (κ2) is 52.0. The molecule has 364 valence electrons. The quantitative estimate of drug-likeness (QED) is 0.0199. The lowest BCUT2D eigenvalue weighted by Crippen LogP contribution is -2.30. The molecule has 0 N–H and O–H groups in total. The topological polar surface area (TPSA) is 78.9 Å². The average Bonchev–Trinajstić information content (AvgIpc) is 3.29. The van der Waals surface area contributed by atoms with Crippen molar-refractivity contribution in [3.05, 3.63) is 97.2 Å². The molecule has 0 aromatic rings. The number of allylic oxidation sites excluding steroid dienone is 16. The molecule has 0 aliphatic rings. The summed E-state index contributed by atoms with van der Waals surface area (Å²) < 4.78 is 16.8. The summed E-state index contributed by atoms with van der Waals surface area (Å²) in [5, 5.41) is 0. The maximum Gasteiger partial charge on any atom is 0.306 e. The Balaban J connectivity index is 4.44. The van der Waals surface area contributed by atoms with Gasteiger partial charge >= 0.3 is 17.9 Å². The van der Waals surface area contributed by atoms with Crippen molar-refractivity contribution in [2.75, 3.05) is 13.2 Å². The SMILES string of the molecule is CC\C=C/C=C\C=C/C=C\CCCCCC(=O)OCC(COC(=O)CCCCCCCC/C=C\C/C=C\C/C=C\C/C=C\CC)OC(=O)CCCCCCCCCCCCCCCC. The van der Waals surface area contributed by atoms with Gasteiger partial charge in [0.25, 0.3) is 0 Å². The van der Waals surface area contributed by atoms with Crippen LogP contribution in [0, 0.1) is 0 Å². The Bertz CT molecular complexity index is 1300. The summed E-state index contributed by atoms with van der Waals surface area (Å²) in [4.78, 5) is 38.0. The Morgan fingerprint density at radius 3 is 1.16 bits per heavy atom. The van der Waals surface area contributed by atoms with Gasteiger partial charge in [-0.25, -0.2) is 0 Å². The molecule has 1 atom stereocenters. The van der Waals surface area contributed by atoms with Crippen molar-refractivity contribution in [1.82, 2.24) is 0 Å². The number of rotatable bonds is 46. The number of esters is 3. The smallest absolute Gasteiger partial charge is 0.306 e. The van der Waals surface area contributed by atoms with Gasteiger partial charge in [0.1, 0.15) is 13.2 Å². The van der Waals surface area contributed by atoms with Crippen molar-refractivity contribution in [1.29, 1.82) is 0 Å². The lowest BCUT2D eigenvalue weighted by molar-refractivity contribution is -0.167. The third-order valence-corrected chi connectivity index (χ3v) is 10.9.